The van der Waals surface area contributed by atoms with Gasteiger partial charge in [0.1, 0.15) is 5.60 Å². The Hall–Kier alpha value is -1.56. The number of nitrogens with one attached hydrogen (secondary N) is 1. The normalized spacial score (nSPS) is 19.6. The number of aromatic nitrogens is 2. The lowest BCUT2D eigenvalue weighted by atomic mass is 10.1. The van der Waals surface area contributed by atoms with Crippen LogP contribution in [0, 0.1) is 0 Å². The summed E-state index contributed by atoms with van der Waals surface area (Å²) >= 11 is 0. The van der Waals surface area contributed by atoms with E-state index in [1.807, 2.05) is 38.7 Å². The molecule has 2 rings (SSSR count). The van der Waals surface area contributed by atoms with Crippen LogP contribution in [0.1, 0.15) is 45.2 Å². The van der Waals surface area contributed by atoms with E-state index in [9.17, 15) is 4.79 Å². The zero-order valence-corrected chi connectivity index (χ0v) is 13.4. The number of amides is 1. The van der Waals surface area contributed by atoms with Crippen LogP contribution in [0.3, 0.4) is 0 Å². The van der Waals surface area contributed by atoms with Crippen LogP contribution in [-0.2, 0) is 11.3 Å². The topological polar surface area (TPSA) is 59.4 Å². The van der Waals surface area contributed by atoms with E-state index in [2.05, 4.69) is 16.6 Å². The van der Waals surface area contributed by atoms with Crippen LogP contribution in [0.25, 0.3) is 0 Å². The lowest BCUT2D eigenvalue weighted by Gasteiger charge is -2.34. The van der Waals surface area contributed by atoms with Crippen molar-refractivity contribution in [2.75, 3.05) is 20.1 Å². The van der Waals surface area contributed by atoms with E-state index in [0.29, 0.717) is 6.54 Å². The molecule has 0 saturated carbocycles. The molecule has 1 N–H and O–H groups in total. The van der Waals surface area contributed by atoms with E-state index < -0.39 is 5.60 Å². The Morgan fingerprint density at radius 3 is 2.95 bits per heavy atom. The molecule has 0 aliphatic carbocycles. The molecule has 6 nitrogen and oxygen atoms in total. The van der Waals surface area contributed by atoms with Gasteiger partial charge in [0.25, 0.3) is 0 Å². The number of rotatable bonds is 3. The fraction of sp³-hybridized carbons (Fsp3) is 0.733. The van der Waals surface area contributed by atoms with Gasteiger partial charge in [-0.25, -0.2) is 4.79 Å². The first kappa shape index (κ1) is 15.8. The van der Waals surface area contributed by atoms with Crippen molar-refractivity contribution in [3.8, 4) is 0 Å². The molecule has 1 aromatic rings. The first-order chi connectivity index (χ1) is 9.89. The minimum Gasteiger partial charge on any atom is -0.444 e. The van der Waals surface area contributed by atoms with Gasteiger partial charge in [-0.15, -0.1) is 0 Å². The lowest BCUT2D eigenvalue weighted by molar-refractivity contribution is 0.0167. The molecule has 1 aliphatic heterocycles. The van der Waals surface area contributed by atoms with Crippen LogP contribution < -0.4 is 5.32 Å². The van der Waals surface area contributed by atoms with Crippen LogP contribution in [0.15, 0.2) is 12.4 Å². The molecule has 2 heterocycles. The Balaban J connectivity index is 1.98. The second-order valence-electron chi connectivity index (χ2n) is 6.58. The summed E-state index contributed by atoms with van der Waals surface area (Å²) in [6.45, 7) is 7.91. The Labute approximate surface area is 126 Å². The maximum absolute atomic E-state index is 12.2. The number of piperidine rings is 1. The van der Waals surface area contributed by atoms with Crippen molar-refractivity contribution >= 4 is 6.09 Å². The highest BCUT2D eigenvalue weighted by molar-refractivity contribution is 5.68. The number of hydrogen-bond donors (Lipinski definition) is 1. The SMILES string of the molecule is CNCc1cnn(C2CCCN(C(=O)OC(C)(C)C)C2)c1. The molecule has 1 aliphatic rings. The molecule has 6 heteroatoms. The average molecular weight is 294 g/mol. The summed E-state index contributed by atoms with van der Waals surface area (Å²) in [4.78, 5) is 14.0. The number of nitrogens with zero attached hydrogens (tertiary/aromatic N) is 3. The van der Waals surface area contributed by atoms with Gasteiger partial charge in [-0.3, -0.25) is 4.68 Å². The molecule has 0 spiro atoms. The van der Waals surface area contributed by atoms with Crippen LogP contribution in [-0.4, -0.2) is 46.5 Å². The molecule has 1 aromatic heterocycles. The van der Waals surface area contributed by atoms with Gasteiger partial charge in [-0.1, -0.05) is 0 Å². The summed E-state index contributed by atoms with van der Waals surface area (Å²) in [6, 6.07) is 0.233. The average Bonchev–Trinajstić information content (AvgIpc) is 2.86. The number of ether oxygens (including phenoxy) is 1. The minimum absolute atomic E-state index is 0.227. The molecule has 0 aromatic carbocycles. The van der Waals surface area contributed by atoms with Gasteiger partial charge in [0.2, 0.25) is 0 Å². The summed E-state index contributed by atoms with van der Waals surface area (Å²) in [5.74, 6) is 0. The smallest absolute Gasteiger partial charge is 0.410 e. The van der Waals surface area contributed by atoms with E-state index in [4.69, 9.17) is 4.74 Å². The number of carbonyl (C=O) groups excluding carboxylic acids is 1. The number of hydrogen-bond acceptors (Lipinski definition) is 4. The zero-order valence-electron chi connectivity index (χ0n) is 13.4. The van der Waals surface area contributed by atoms with Crippen LogP contribution >= 0.6 is 0 Å². The van der Waals surface area contributed by atoms with Crippen molar-refractivity contribution < 1.29 is 9.53 Å². The Morgan fingerprint density at radius 1 is 1.52 bits per heavy atom. The van der Waals surface area contributed by atoms with Gasteiger partial charge in [0.05, 0.1) is 12.2 Å². The molecule has 1 saturated heterocycles. The summed E-state index contributed by atoms with van der Waals surface area (Å²) in [5, 5.41) is 7.54. The first-order valence-corrected chi connectivity index (χ1v) is 7.54. The third kappa shape index (κ3) is 4.46. The van der Waals surface area contributed by atoms with Gasteiger partial charge >= 0.3 is 6.09 Å². The fourth-order valence-electron chi connectivity index (χ4n) is 2.54. The lowest BCUT2D eigenvalue weighted by Crippen LogP contribution is -2.43. The Bertz CT molecular complexity index is 478. The van der Waals surface area contributed by atoms with Gasteiger partial charge in [0, 0.05) is 31.4 Å². The van der Waals surface area contributed by atoms with E-state index in [1.54, 1.807) is 4.90 Å². The highest BCUT2D eigenvalue weighted by Gasteiger charge is 2.28. The number of likely N-dealkylation sites (tertiary alicyclic amines) is 1. The standard InChI is InChI=1S/C15H26N4O2/c1-15(2,3)21-14(20)18-7-5-6-13(11-18)19-10-12(8-16-4)9-17-19/h9-10,13,16H,5-8,11H2,1-4H3. The molecule has 1 unspecified atom stereocenters. The van der Waals surface area contributed by atoms with Crippen molar-refractivity contribution in [2.45, 2.75) is 51.8 Å². The summed E-state index contributed by atoms with van der Waals surface area (Å²) in [6.07, 6.45) is 5.73. The fourth-order valence-corrected chi connectivity index (χ4v) is 2.54. The molecule has 0 bridgehead atoms. The molecular weight excluding hydrogens is 268 g/mol. The van der Waals surface area contributed by atoms with E-state index in [0.717, 1.165) is 31.5 Å². The van der Waals surface area contributed by atoms with E-state index in [-0.39, 0.29) is 12.1 Å². The third-order valence-electron chi connectivity index (χ3n) is 3.46. The number of carbonyl (C=O) groups is 1. The molecule has 1 fully saturated rings. The molecule has 1 atom stereocenters. The summed E-state index contributed by atoms with van der Waals surface area (Å²) in [5.41, 5.74) is 0.710. The Morgan fingerprint density at radius 2 is 2.29 bits per heavy atom. The van der Waals surface area contributed by atoms with Crippen LogP contribution in [0.2, 0.25) is 0 Å². The van der Waals surface area contributed by atoms with Crippen LogP contribution in [0.4, 0.5) is 4.79 Å². The first-order valence-electron chi connectivity index (χ1n) is 7.54. The van der Waals surface area contributed by atoms with Crippen LogP contribution in [0.5, 0.6) is 0 Å². The third-order valence-corrected chi connectivity index (χ3v) is 3.46. The van der Waals surface area contributed by atoms with Crippen molar-refractivity contribution in [2.24, 2.45) is 0 Å². The summed E-state index contributed by atoms with van der Waals surface area (Å²) < 4.78 is 7.43. The predicted octanol–water partition coefficient (Wildman–Crippen LogP) is 2.17. The van der Waals surface area contributed by atoms with Gasteiger partial charge in [-0.05, 0) is 40.7 Å². The van der Waals surface area contributed by atoms with Gasteiger partial charge in [0.15, 0.2) is 0 Å². The largest absolute Gasteiger partial charge is 0.444 e. The second-order valence-corrected chi connectivity index (χ2v) is 6.58. The maximum atomic E-state index is 12.2. The maximum Gasteiger partial charge on any atom is 0.410 e. The monoisotopic (exact) mass is 294 g/mol. The molecular formula is C15H26N4O2. The van der Waals surface area contributed by atoms with Gasteiger partial charge in [-0.2, -0.15) is 5.10 Å². The quantitative estimate of drug-likeness (QED) is 0.928. The molecule has 118 valence electrons. The minimum atomic E-state index is -0.449. The predicted molar refractivity (Wildman–Crippen MR) is 81.1 cm³/mol. The second kappa shape index (κ2) is 6.47. The molecule has 21 heavy (non-hydrogen) atoms. The summed E-state index contributed by atoms with van der Waals surface area (Å²) in [7, 11) is 1.92. The van der Waals surface area contributed by atoms with E-state index >= 15 is 0 Å². The van der Waals surface area contributed by atoms with Crippen molar-refractivity contribution in [1.82, 2.24) is 20.0 Å². The molecule has 1 amide bonds. The Kier molecular flexibility index (Phi) is 4.88. The van der Waals surface area contributed by atoms with E-state index in [1.165, 1.54) is 0 Å². The molecule has 0 radical (unpaired) electrons. The van der Waals surface area contributed by atoms with Crippen molar-refractivity contribution in [3.05, 3.63) is 18.0 Å². The van der Waals surface area contributed by atoms with Crippen molar-refractivity contribution in [3.63, 3.8) is 0 Å². The zero-order chi connectivity index (χ0) is 15.5. The highest BCUT2D eigenvalue weighted by atomic mass is 16.6. The highest BCUT2D eigenvalue weighted by Crippen LogP contribution is 2.23. The van der Waals surface area contributed by atoms with Crippen molar-refractivity contribution in [1.29, 1.82) is 0 Å². The van der Waals surface area contributed by atoms with Gasteiger partial charge < -0.3 is 15.0 Å².